The SMILES string of the molecule is COc1ccccc1P1(C)(O)C2CCCCC1CC2. The van der Waals surface area contributed by atoms with Crippen LogP contribution in [0.2, 0.25) is 0 Å². The summed E-state index contributed by atoms with van der Waals surface area (Å²) in [5, 5.41) is 1.13. The van der Waals surface area contributed by atoms with Gasteiger partial charge in [0, 0.05) is 0 Å². The van der Waals surface area contributed by atoms with Crippen molar-refractivity contribution in [1.29, 1.82) is 0 Å². The minimum absolute atomic E-state index is 0.495. The van der Waals surface area contributed by atoms with Crippen LogP contribution in [0.15, 0.2) is 24.3 Å². The molecule has 2 atom stereocenters. The monoisotopic (exact) mass is 280 g/mol. The third-order valence-electron chi connectivity index (χ3n) is 5.71. The summed E-state index contributed by atoms with van der Waals surface area (Å²) in [5.74, 6) is 0.893. The van der Waals surface area contributed by atoms with Gasteiger partial charge in [-0.3, -0.25) is 0 Å². The van der Waals surface area contributed by atoms with Crippen molar-refractivity contribution >= 4 is 12.1 Å². The van der Waals surface area contributed by atoms with Gasteiger partial charge in [0.2, 0.25) is 0 Å². The number of benzene rings is 1. The molecule has 1 aromatic rings. The van der Waals surface area contributed by atoms with Gasteiger partial charge in [0.25, 0.3) is 0 Å². The molecule has 19 heavy (non-hydrogen) atoms. The molecule has 3 rings (SSSR count). The molecular formula is C16H25O2P. The van der Waals surface area contributed by atoms with Crippen LogP contribution in [-0.2, 0) is 0 Å². The van der Waals surface area contributed by atoms with Crippen LogP contribution in [0.4, 0.5) is 0 Å². The molecule has 1 N–H and O–H groups in total. The topological polar surface area (TPSA) is 29.5 Å². The zero-order valence-electron chi connectivity index (χ0n) is 12.0. The van der Waals surface area contributed by atoms with Gasteiger partial charge in [0.15, 0.2) is 0 Å². The molecule has 2 bridgehead atoms. The van der Waals surface area contributed by atoms with E-state index in [1.165, 1.54) is 38.5 Å². The number of hydrogen-bond acceptors (Lipinski definition) is 2. The summed E-state index contributed by atoms with van der Waals surface area (Å²) in [6.07, 6.45) is 7.35. The first-order chi connectivity index (χ1) is 9.07. The van der Waals surface area contributed by atoms with E-state index >= 15 is 0 Å². The van der Waals surface area contributed by atoms with Gasteiger partial charge < -0.3 is 0 Å². The Balaban J connectivity index is 2.19. The van der Waals surface area contributed by atoms with Crippen LogP contribution in [0, 0.1) is 0 Å². The summed E-state index contributed by atoms with van der Waals surface area (Å²) >= 11 is 0. The van der Waals surface area contributed by atoms with Crippen LogP contribution in [0.5, 0.6) is 5.75 Å². The average Bonchev–Trinajstić information content (AvgIpc) is 2.55. The second kappa shape index (κ2) is 4.46. The molecule has 2 fully saturated rings. The van der Waals surface area contributed by atoms with Crippen LogP contribution in [-0.4, -0.2) is 30.0 Å². The van der Waals surface area contributed by atoms with Crippen LogP contribution in [0.1, 0.15) is 38.5 Å². The molecular weight excluding hydrogens is 255 g/mol. The second-order valence-corrected chi connectivity index (χ2v) is 11.8. The zero-order chi connectivity index (χ0) is 13.5. The molecule has 2 aliphatic rings. The van der Waals surface area contributed by atoms with Gasteiger partial charge in [0.1, 0.15) is 0 Å². The molecule has 3 heteroatoms. The Morgan fingerprint density at radius 2 is 1.63 bits per heavy atom. The van der Waals surface area contributed by atoms with Crippen molar-refractivity contribution in [3.05, 3.63) is 24.3 Å². The van der Waals surface area contributed by atoms with Crippen molar-refractivity contribution in [3.63, 3.8) is 0 Å². The van der Waals surface area contributed by atoms with Crippen LogP contribution >= 0.6 is 6.83 Å². The van der Waals surface area contributed by atoms with Gasteiger partial charge in [0.05, 0.1) is 0 Å². The van der Waals surface area contributed by atoms with E-state index in [-0.39, 0.29) is 0 Å². The Morgan fingerprint density at radius 1 is 1.05 bits per heavy atom. The molecule has 2 saturated heterocycles. The van der Waals surface area contributed by atoms with E-state index < -0.39 is 6.83 Å². The number of para-hydroxylation sites is 1. The van der Waals surface area contributed by atoms with E-state index in [2.05, 4.69) is 18.8 Å². The molecule has 2 unspecified atom stereocenters. The van der Waals surface area contributed by atoms with Crippen molar-refractivity contribution in [1.82, 2.24) is 0 Å². The van der Waals surface area contributed by atoms with E-state index in [0.717, 1.165) is 11.1 Å². The summed E-state index contributed by atoms with van der Waals surface area (Å²) in [7, 11) is 1.72. The Kier molecular flexibility index (Phi) is 3.15. The van der Waals surface area contributed by atoms with Gasteiger partial charge in [-0.2, -0.15) is 0 Å². The maximum atomic E-state index is 11.9. The number of fused-ring (bicyclic) bond motifs is 2. The standard InChI is InChI=1S/C16H25O2P/c1-18-15-9-5-6-10-16(15)19(2,17)13-7-3-4-8-14(19)12-11-13/h5-6,9-10,13-14,17H,3-4,7-8,11-12H2,1-2H3. The summed E-state index contributed by atoms with van der Waals surface area (Å²) in [6.45, 7) is -0.636. The summed E-state index contributed by atoms with van der Waals surface area (Å²) in [5.41, 5.74) is 0.990. The van der Waals surface area contributed by atoms with Gasteiger partial charge >= 0.3 is 115 Å². The normalized spacial score (nSPS) is 33.9. The quantitative estimate of drug-likeness (QED) is 0.840. The molecule has 2 nitrogen and oxygen atoms in total. The maximum absolute atomic E-state index is 11.9. The van der Waals surface area contributed by atoms with Crippen LogP contribution < -0.4 is 10.0 Å². The van der Waals surface area contributed by atoms with Gasteiger partial charge in [-0.25, -0.2) is 0 Å². The van der Waals surface area contributed by atoms with Crippen LogP contribution in [0.25, 0.3) is 0 Å². The second-order valence-electron chi connectivity index (χ2n) is 6.52. The Hall–Kier alpha value is -0.590. The predicted molar refractivity (Wildman–Crippen MR) is 83.0 cm³/mol. The van der Waals surface area contributed by atoms with Crippen molar-refractivity contribution in [3.8, 4) is 5.75 Å². The predicted octanol–water partition coefficient (Wildman–Crippen LogP) is 3.52. The fraction of sp³-hybridized carbons (Fsp3) is 0.625. The molecule has 106 valence electrons. The molecule has 2 aliphatic heterocycles. The third-order valence-corrected chi connectivity index (χ3v) is 12.1. The van der Waals surface area contributed by atoms with Gasteiger partial charge in [-0.1, -0.05) is 0 Å². The summed E-state index contributed by atoms with van der Waals surface area (Å²) in [6, 6.07) is 8.18. The van der Waals surface area contributed by atoms with Crippen LogP contribution in [0.3, 0.4) is 0 Å². The van der Waals surface area contributed by atoms with Crippen molar-refractivity contribution in [2.24, 2.45) is 0 Å². The Labute approximate surface area is 116 Å². The molecule has 0 aliphatic carbocycles. The number of ether oxygens (including phenoxy) is 1. The molecule has 0 amide bonds. The number of hydrogen-bond donors (Lipinski definition) is 1. The summed E-state index contributed by atoms with van der Waals surface area (Å²) in [4.78, 5) is 11.9. The van der Waals surface area contributed by atoms with Gasteiger partial charge in [-0.05, 0) is 0 Å². The van der Waals surface area contributed by atoms with E-state index in [1.54, 1.807) is 7.11 Å². The molecule has 0 saturated carbocycles. The average molecular weight is 280 g/mol. The van der Waals surface area contributed by atoms with Gasteiger partial charge in [-0.15, -0.1) is 0 Å². The van der Waals surface area contributed by atoms with Crippen molar-refractivity contribution < 1.29 is 9.63 Å². The first kappa shape index (κ1) is 13.4. The number of methoxy groups -OCH3 is 1. The van der Waals surface area contributed by atoms with Crippen molar-refractivity contribution in [2.75, 3.05) is 13.8 Å². The van der Waals surface area contributed by atoms with Crippen molar-refractivity contribution in [2.45, 2.75) is 49.8 Å². The number of rotatable bonds is 2. The molecule has 0 aromatic heterocycles. The first-order valence-corrected chi connectivity index (χ1v) is 10.2. The molecule has 0 radical (unpaired) electrons. The zero-order valence-corrected chi connectivity index (χ0v) is 12.9. The molecule has 0 spiro atoms. The van der Waals surface area contributed by atoms with E-state index in [4.69, 9.17) is 4.74 Å². The third kappa shape index (κ3) is 1.76. The fourth-order valence-corrected chi connectivity index (χ4v) is 10.4. The first-order valence-electron chi connectivity index (χ1n) is 7.46. The molecule has 2 heterocycles. The van der Waals surface area contributed by atoms with E-state index in [0.29, 0.717) is 11.3 Å². The summed E-state index contributed by atoms with van der Waals surface area (Å²) < 4.78 is 5.57. The molecule has 1 aromatic carbocycles. The van der Waals surface area contributed by atoms with E-state index in [9.17, 15) is 4.89 Å². The van der Waals surface area contributed by atoms with E-state index in [1.807, 2.05) is 12.1 Å². The Morgan fingerprint density at radius 3 is 2.21 bits per heavy atom. The Bertz CT molecular complexity index is 465. The minimum atomic E-state index is -2.84. The fourth-order valence-electron chi connectivity index (χ4n) is 4.54.